The summed E-state index contributed by atoms with van der Waals surface area (Å²) in [5, 5.41) is 21.7. The van der Waals surface area contributed by atoms with Crippen LogP contribution >= 0.6 is 0 Å². The SMILES string of the molecule is C[C@@H]1CC[C@H](C(C)(C)O)O[C@H]2C[C@@]3(C)[C@@H]4CC[C@H]5C(C)(C)[C@@H](O)CC[C@@]56C[C@@]46CC[C@]3(C)[C@@H]12. The van der Waals surface area contributed by atoms with Gasteiger partial charge in [-0.2, -0.15) is 0 Å². The Bertz CT molecular complexity index is 829. The van der Waals surface area contributed by atoms with Crippen LogP contribution in [0.25, 0.3) is 0 Å². The molecule has 0 aromatic carbocycles. The zero-order chi connectivity index (χ0) is 23.8. The summed E-state index contributed by atoms with van der Waals surface area (Å²) in [4.78, 5) is 0. The normalized spacial score (nSPS) is 59.4. The summed E-state index contributed by atoms with van der Waals surface area (Å²) in [6, 6.07) is 0. The van der Waals surface area contributed by atoms with Crippen molar-refractivity contribution in [2.75, 3.05) is 0 Å². The van der Waals surface area contributed by atoms with Gasteiger partial charge in [0.1, 0.15) is 0 Å². The lowest BCUT2D eigenvalue weighted by Gasteiger charge is -2.63. The predicted octanol–water partition coefficient (Wildman–Crippen LogP) is 6.35. The molecule has 0 unspecified atom stereocenters. The largest absolute Gasteiger partial charge is 0.393 e. The molecule has 188 valence electrons. The van der Waals surface area contributed by atoms with Crippen molar-refractivity contribution in [3.63, 3.8) is 0 Å². The summed E-state index contributed by atoms with van der Waals surface area (Å²) in [5.41, 5.74) is 0.971. The Balaban J connectivity index is 1.36. The van der Waals surface area contributed by atoms with E-state index in [2.05, 4.69) is 34.6 Å². The van der Waals surface area contributed by atoms with Crippen LogP contribution < -0.4 is 0 Å². The Kier molecular flexibility index (Phi) is 4.66. The molecule has 2 N–H and O–H groups in total. The standard InChI is InChI=1S/C30H50O3/c1-18-8-11-23(26(4,5)32)33-19-16-28(7)21-10-9-20-25(2,3)22(31)12-13-29(20)17-30(21,29)15-14-27(28,6)24(18)19/h18-24,31-32H,8-17H2,1-7H3/t18-,19+,20+,21+,22+,23-,24+,27-,28+,29-,30+/m1/s1. The summed E-state index contributed by atoms with van der Waals surface area (Å²) >= 11 is 0. The van der Waals surface area contributed by atoms with Crippen molar-refractivity contribution in [2.45, 2.75) is 137 Å². The molecule has 33 heavy (non-hydrogen) atoms. The number of aliphatic hydroxyl groups excluding tert-OH is 1. The molecule has 5 aliphatic carbocycles. The Morgan fingerprint density at radius 2 is 1.48 bits per heavy atom. The van der Waals surface area contributed by atoms with Crippen LogP contribution in [-0.4, -0.2) is 34.1 Å². The lowest BCUT2D eigenvalue weighted by atomic mass is 9.41. The first-order chi connectivity index (χ1) is 15.2. The van der Waals surface area contributed by atoms with Gasteiger partial charge in [0.15, 0.2) is 0 Å². The molecule has 1 heterocycles. The van der Waals surface area contributed by atoms with Gasteiger partial charge in [0.05, 0.1) is 23.9 Å². The fourth-order valence-corrected chi connectivity index (χ4v) is 11.9. The molecular formula is C30H50O3. The van der Waals surface area contributed by atoms with E-state index in [1.807, 2.05) is 13.8 Å². The number of ether oxygens (including phenoxy) is 1. The maximum absolute atomic E-state index is 10.9. The third-order valence-corrected chi connectivity index (χ3v) is 13.7. The van der Waals surface area contributed by atoms with E-state index in [0.717, 1.165) is 18.8 Å². The third-order valence-electron chi connectivity index (χ3n) is 13.7. The van der Waals surface area contributed by atoms with Crippen LogP contribution in [0, 0.1) is 50.7 Å². The average Bonchev–Trinajstić information content (AvgIpc) is 3.35. The predicted molar refractivity (Wildman–Crippen MR) is 132 cm³/mol. The number of fused-ring (bicyclic) bond motifs is 4. The second kappa shape index (κ2) is 6.60. The number of aliphatic hydroxyl groups is 2. The van der Waals surface area contributed by atoms with Crippen molar-refractivity contribution >= 4 is 0 Å². The van der Waals surface area contributed by atoms with Crippen molar-refractivity contribution in [3.8, 4) is 0 Å². The summed E-state index contributed by atoms with van der Waals surface area (Å²) in [5.74, 6) is 2.77. The van der Waals surface area contributed by atoms with E-state index >= 15 is 0 Å². The molecule has 0 amide bonds. The highest BCUT2D eigenvalue weighted by Gasteiger charge is 2.83. The topological polar surface area (TPSA) is 49.7 Å². The van der Waals surface area contributed by atoms with Crippen LogP contribution in [-0.2, 0) is 4.74 Å². The Morgan fingerprint density at radius 1 is 0.818 bits per heavy atom. The fraction of sp³-hybridized carbons (Fsp3) is 1.00. The molecule has 5 saturated carbocycles. The lowest BCUT2D eigenvalue weighted by molar-refractivity contribution is -0.161. The summed E-state index contributed by atoms with van der Waals surface area (Å²) in [7, 11) is 0. The Morgan fingerprint density at radius 3 is 2.18 bits per heavy atom. The van der Waals surface area contributed by atoms with Gasteiger partial charge in [-0.3, -0.25) is 0 Å². The molecule has 3 heteroatoms. The Hall–Kier alpha value is -0.120. The van der Waals surface area contributed by atoms with Crippen LogP contribution in [0.2, 0.25) is 0 Å². The first-order valence-corrected chi connectivity index (χ1v) is 14.3. The summed E-state index contributed by atoms with van der Waals surface area (Å²) < 4.78 is 6.89. The van der Waals surface area contributed by atoms with Crippen molar-refractivity contribution in [1.82, 2.24) is 0 Å². The molecule has 6 rings (SSSR count). The highest BCUT2D eigenvalue weighted by Crippen LogP contribution is 2.89. The van der Waals surface area contributed by atoms with Crippen molar-refractivity contribution in [1.29, 1.82) is 0 Å². The van der Waals surface area contributed by atoms with Crippen LogP contribution in [0.4, 0.5) is 0 Å². The smallest absolute Gasteiger partial charge is 0.0860 e. The Labute approximate surface area is 202 Å². The molecule has 0 bridgehead atoms. The second-order valence-electron chi connectivity index (χ2n) is 15.5. The highest BCUT2D eigenvalue weighted by atomic mass is 16.5. The van der Waals surface area contributed by atoms with Gasteiger partial charge in [0, 0.05) is 0 Å². The highest BCUT2D eigenvalue weighted by molar-refractivity contribution is 5.31. The first kappa shape index (κ1) is 23.3. The molecule has 0 aromatic rings. The van der Waals surface area contributed by atoms with E-state index in [1.54, 1.807) is 0 Å². The molecule has 3 nitrogen and oxygen atoms in total. The van der Waals surface area contributed by atoms with Gasteiger partial charge in [-0.05, 0) is 129 Å². The lowest BCUT2D eigenvalue weighted by Crippen LogP contribution is -2.57. The zero-order valence-electron chi connectivity index (χ0n) is 22.4. The van der Waals surface area contributed by atoms with E-state index in [4.69, 9.17) is 4.74 Å². The van der Waals surface area contributed by atoms with Crippen molar-refractivity contribution < 1.29 is 14.9 Å². The maximum Gasteiger partial charge on any atom is 0.0860 e. The van der Waals surface area contributed by atoms with Gasteiger partial charge < -0.3 is 14.9 Å². The van der Waals surface area contributed by atoms with Crippen LogP contribution in [0.3, 0.4) is 0 Å². The molecule has 11 atom stereocenters. The van der Waals surface area contributed by atoms with E-state index in [-0.39, 0.29) is 17.6 Å². The van der Waals surface area contributed by atoms with Crippen LogP contribution in [0.5, 0.6) is 0 Å². The zero-order valence-corrected chi connectivity index (χ0v) is 22.4. The molecular weight excluding hydrogens is 408 g/mol. The molecule has 1 aliphatic heterocycles. The molecule has 1 saturated heterocycles. The monoisotopic (exact) mass is 458 g/mol. The third kappa shape index (κ3) is 2.64. The number of rotatable bonds is 1. The fourth-order valence-electron chi connectivity index (χ4n) is 11.9. The van der Waals surface area contributed by atoms with Crippen molar-refractivity contribution in [3.05, 3.63) is 0 Å². The summed E-state index contributed by atoms with van der Waals surface area (Å²) in [6.45, 7) is 16.4. The van der Waals surface area contributed by atoms with E-state index in [1.165, 1.54) is 51.4 Å². The minimum Gasteiger partial charge on any atom is -0.393 e. The van der Waals surface area contributed by atoms with Gasteiger partial charge in [0.25, 0.3) is 0 Å². The van der Waals surface area contributed by atoms with E-state index < -0.39 is 5.60 Å². The van der Waals surface area contributed by atoms with E-state index in [9.17, 15) is 10.2 Å². The first-order valence-electron chi connectivity index (χ1n) is 14.3. The van der Waals surface area contributed by atoms with Gasteiger partial charge in [-0.25, -0.2) is 0 Å². The van der Waals surface area contributed by atoms with Crippen LogP contribution in [0.15, 0.2) is 0 Å². The summed E-state index contributed by atoms with van der Waals surface area (Å²) in [6.07, 6.45) is 12.6. The minimum atomic E-state index is -0.765. The molecule has 6 fully saturated rings. The molecule has 2 spiro atoms. The van der Waals surface area contributed by atoms with E-state index in [0.29, 0.717) is 45.5 Å². The van der Waals surface area contributed by atoms with Gasteiger partial charge in [-0.15, -0.1) is 0 Å². The minimum absolute atomic E-state index is 0.0418. The van der Waals surface area contributed by atoms with Gasteiger partial charge >= 0.3 is 0 Å². The van der Waals surface area contributed by atoms with Gasteiger partial charge in [0.2, 0.25) is 0 Å². The van der Waals surface area contributed by atoms with Crippen LogP contribution in [0.1, 0.15) is 113 Å². The van der Waals surface area contributed by atoms with Crippen molar-refractivity contribution in [2.24, 2.45) is 50.7 Å². The number of hydrogen-bond acceptors (Lipinski definition) is 3. The number of hydrogen-bond donors (Lipinski definition) is 2. The quantitative estimate of drug-likeness (QED) is 0.481. The molecule has 0 radical (unpaired) electrons. The van der Waals surface area contributed by atoms with Gasteiger partial charge in [-0.1, -0.05) is 34.6 Å². The molecule has 0 aromatic heterocycles. The average molecular weight is 459 g/mol. The second-order valence-corrected chi connectivity index (χ2v) is 15.5. The molecule has 6 aliphatic rings. The maximum atomic E-state index is 10.9.